The Hall–Kier alpha value is -2.15. The molecule has 1 amide bonds. The van der Waals surface area contributed by atoms with Gasteiger partial charge >= 0.3 is 0 Å². The number of nitrogens with zero attached hydrogens (tertiary/aromatic N) is 3. The molecule has 0 aliphatic carbocycles. The highest BCUT2D eigenvalue weighted by Crippen LogP contribution is 2.34. The van der Waals surface area contributed by atoms with Crippen molar-refractivity contribution in [1.82, 2.24) is 4.90 Å². The molecule has 4 atom stereocenters. The number of nitrogens with two attached hydrogens (primary N) is 1. The number of carbonyl (C=O) groups is 1. The first-order valence-corrected chi connectivity index (χ1v) is 9.84. The molecule has 0 radical (unpaired) electrons. The maximum Gasteiger partial charge on any atom is 0.293 e. The van der Waals surface area contributed by atoms with Crippen LogP contribution in [0.15, 0.2) is 18.2 Å². The number of carbonyl (C=O) groups excluding carboxylic acids is 1. The van der Waals surface area contributed by atoms with Gasteiger partial charge in [0.1, 0.15) is 5.69 Å². The van der Waals surface area contributed by atoms with Crippen LogP contribution in [0.4, 0.5) is 11.4 Å². The number of hydrogen-bond acceptors (Lipinski definition) is 5. The maximum absolute atomic E-state index is 12.9. The Morgan fingerprint density at radius 3 is 2.41 bits per heavy atom. The van der Waals surface area contributed by atoms with Gasteiger partial charge in [0.05, 0.1) is 4.92 Å². The van der Waals surface area contributed by atoms with Gasteiger partial charge in [-0.1, -0.05) is 13.8 Å². The zero-order valence-electron chi connectivity index (χ0n) is 16.4. The molecule has 0 aromatic heterocycles. The SMILES string of the molecule is CC1CC(C)CN(c2ccc(C(=O)N3CC(CN)CC3C)cc2[N+](=O)[O-])C1. The number of piperidine rings is 1. The van der Waals surface area contributed by atoms with Crippen molar-refractivity contribution in [2.24, 2.45) is 23.5 Å². The van der Waals surface area contributed by atoms with Crippen LogP contribution in [-0.4, -0.2) is 48.0 Å². The second-order valence-electron chi connectivity index (χ2n) is 8.46. The zero-order chi connectivity index (χ0) is 19.7. The van der Waals surface area contributed by atoms with Gasteiger partial charge in [0.15, 0.2) is 0 Å². The summed E-state index contributed by atoms with van der Waals surface area (Å²) < 4.78 is 0. The van der Waals surface area contributed by atoms with E-state index in [1.54, 1.807) is 17.0 Å². The third kappa shape index (κ3) is 4.08. The third-order valence-electron chi connectivity index (χ3n) is 5.88. The summed E-state index contributed by atoms with van der Waals surface area (Å²) in [6, 6.07) is 5.03. The summed E-state index contributed by atoms with van der Waals surface area (Å²) in [4.78, 5) is 28.2. The van der Waals surface area contributed by atoms with Crippen molar-refractivity contribution in [3.8, 4) is 0 Å². The number of hydrogen-bond donors (Lipinski definition) is 1. The molecule has 27 heavy (non-hydrogen) atoms. The minimum atomic E-state index is -0.369. The molecule has 2 N–H and O–H groups in total. The van der Waals surface area contributed by atoms with E-state index in [1.165, 1.54) is 6.07 Å². The molecule has 4 unspecified atom stereocenters. The molecule has 2 aliphatic heterocycles. The highest BCUT2D eigenvalue weighted by molar-refractivity contribution is 5.96. The summed E-state index contributed by atoms with van der Waals surface area (Å²) in [5.74, 6) is 1.14. The van der Waals surface area contributed by atoms with Crippen LogP contribution >= 0.6 is 0 Å². The zero-order valence-corrected chi connectivity index (χ0v) is 16.4. The van der Waals surface area contributed by atoms with Crippen molar-refractivity contribution in [3.63, 3.8) is 0 Å². The van der Waals surface area contributed by atoms with Gasteiger partial charge < -0.3 is 15.5 Å². The fraction of sp³-hybridized carbons (Fsp3) is 0.650. The Kier molecular flexibility index (Phi) is 5.69. The van der Waals surface area contributed by atoms with E-state index in [2.05, 4.69) is 18.7 Å². The predicted octanol–water partition coefficient (Wildman–Crippen LogP) is 2.89. The van der Waals surface area contributed by atoms with E-state index in [9.17, 15) is 14.9 Å². The highest BCUT2D eigenvalue weighted by Gasteiger charge is 2.33. The summed E-state index contributed by atoms with van der Waals surface area (Å²) in [6.45, 7) is 9.14. The predicted molar refractivity (Wildman–Crippen MR) is 106 cm³/mol. The topological polar surface area (TPSA) is 92.7 Å². The molecule has 0 spiro atoms. The van der Waals surface area contributed by atoms with Gasteiger partial charge in [0.25, 0.3) is 11.6 Å². The Labute approximate surface area is 160 Å². The Bertz CT molecular complexity index is 713. The fourth-order valence-electron chi connectivity index (χ4n) is 4.69. The maximum atomic E-state index is 12.9. The van der Waals surface area contributed by atoms with Crippen molar-refractivity contribution >= 4 is 17.3 Å². The summed E-state index contributed by atoms with van der Waals surface area (Å²) in [7, 11) is 0. The summed E-state index contributed by atoms with van der Waals surface area (Å²) >= 11 is 0. The molecule has 2 fully saturated rings. The molecular formula is C20H30N4O3. The Balaban J connectivity index is 1.88. The van der Waals surface area contributed by atoms with Gasteiger partial charge in [-0.05, 0) is 56.2 Å². The lowest BCUT2D eigenvalue weighted by Gasteiger charge is -2.36. The number of benzene rings is 1. The van der Waals surface area contributed by atoms with E-state index < -0.39 is 0 Å². The van der Waals surface area contributed by atoms with Gasteiger partial charge in [0.2, 0.25) is 0 Å². The van der Waals surface area contributed by atoms with E-state index in [0.717, 1.165) is 25.9 Å². The van der Waals surface area contributed by atoms with Crippen LogP contribution < -0.4 is 10.6 Å². The summed E-state index contributed by atoms with van der Waals surface area (Å²) in [5.41, 5.74) is 6.77. The van der Waals surface area contributed by atoms with E-state index >= 15 is 0 Å². The standard InChI is InChI=1S/C20H30N4O3/c1-13-6-14(2)11-22(10-13)18-5-4-17(8-19(18)24(26)27)20(25)23-12-16(9-21)7-15(23)3/h4-5,8,13-16H,6-7,9-12,21H2,1-3H3. The van der Waals surface area contributed by atoms with Crippen LogP contribution in [0.1, 0.15) is 44.0 Å². The van der Waals surface area contributed by atoms with Crippen molar-refractivity contribution < 1.29 is 9.72 Å². The number of nitro groups is 1. The molecule has 7 heteroatoms. The summed E-state index contributed by atoms with van der Waals surface area (Å²) in [6.07, 6.45) is 2.02. The average molecular weight is 374 g/mol. The quantitative estimate of drug-likeness (QED) is 0.646. The third-order valence-corrected chi connectivity index (χ3v) is 5.88. The van der Waals surface area contributed by atoms with Gasteiger partial charge in [-0.15, -0.1) is 0 Å². The first kappa shape index (κ1) is 19.6. The van der Waals surface area contributed by atoms with Gasteiger partial charge in [-0.25, -0.2) is 0 Å². The molecular weight excluding hydrogens is 344 g/mol. The molecule has 0 saturated carbocycles. The van der Waals surface area contributed by atoms with Crippen LogP contribution in [-0.2, 0) is 0 Å². The second-order valence-corrected chi connectivity index (χ2v) is 8.46. The second kappa shape index (κ2) is 7.84. The van der Waals surface area contributed by atoms with Crippen molar-refractivity contribution in [2.45, 2.75) is 39.7 Å². The monoisotopic (exact) mass is 374 g/mol. The minimum absolute atomic E-state index is 0.0179. The number of amides is 1. The van der Waals surface area contributed by atoms with Crippen molar-refractivity contribution in [2.75, 3.05) is 31.1 Å². The van der Waals surface area contributed by atoms with Crippen molar-refractivity contribution in [3.05, 3.63) is 33.9 Å². The molecule has 1 aromatic rings. The van der Waals surface area contributed by atoms with E-state index in [0.29, 0.717) is 42.1 Å². The Morgan fingerprint density at radius 1 is 1.19 bits per heavy atom. The molecule has 0 bridgehead atoms. The van der Waals surface area contributed by atoms with Gasteiger partial charge in [-0.2, -0.15) is 0 Å². The number of nitro benzene ring substituents is 1. The minimum Gasteiger partial charge on any atom is -0.365 e. The first-order valence-electron chi connectivity index (χ1n) is 9.84. The number of anilines is 1. The smallest absolute Gasteiger partial charge is 0.293 e. The van der Waals surface area contributed by atoms with E-state index in [1.807, 2.05) is 6.92 Å². The Morgan fingerprint density at radius 2 is 1.85 bits per heavy atom. The average Bonchev–Trinajstić information content (AvgIpc) is 3.00. The summed E-state index contributed by atoms with van der Waals surface area (Å²) in [5, 5.41) is 11.7. The molecule has 148 valence electrons. The molecule has 2 heterocycles. The lowest BCUT2D eigenvalue weighted by Crippen LogP contribution is -2.39. The molecule has 7 nitrogen and oxygen atoms in total. The molecule has 3 rings (SSSR count). The van der Waals surface area contributed by atoms with Crippen LogP contribution in [0.3, 0.4) is 0 Å². The number of likely N-dealkylation sites (tertiary alicyclic amines) is 1. The number of rotatable bonds is 4. The van der Waals surface area contributed by atoms with Gasteiger partial charge in [0, 0.05) is 37.3 Å². The van der Waals surface area contributed by atoms with Crippen molar-refractivity contribution in [1.29, 1.82) is 0 Å². The lowest BCUT2D eigenvalue weighted by atomic mass is 9.91. The van der Waals surface area contributed by atoms with E-state index in [-0.39, 0.29) is 22.6 Å². The fourth-order valence-corrected chi connectivity index (χ4v) is 4.69. The molecule has 2 aliphatic rings. The highest BCUT2D eigenvalue weighted by atomic mass is 16.6. The van der Waals surface area contributed by atoms with E-state index in [4.69, 9.17) is 5.73 Å². The largest absolute Gasteiger partial charge is 0.365 e. The van der Waals surface area contributed by atoms with Crippen LogP contribution in [0.2, 0.25) is 0 Å². The van der Waals surface area contributed by atoms with Crippen LogP contribution in [0.5, 0.6) is 0 Å². The normalized spacial score (nSPS) is 28.4. The first-order chi connectivity index (χ1) is 12.8. The lowest BCUT2D eigenvalue weighted by molar-refractivity contribution is -0.384. The van der Waals surface area contributed by atoms with Crippen LogP contribution in [0, 0.1) is 27.9 Å². The molecule has 1 aromatic carbocycles. The van der Waals surface area contributed by atoms with Crippen LogP contribution in [0.25, 0.3) is 0 Å². The van der Waals surface area contributed by atoms with Gasteiger partial charge in [-0.3, -0.25) is 14.9 Å². The molecule has 2 saturated heterocycles.